The molecule has 2 amide bonds. The SMILES string of the molecule is CCCCC1CCC(/C=C2/C(=O)N(C(=O)OC(C)(C)C)c3cc(Cl)ccc32)CC1. The molecule has 0 saturated heterocycles. The van der Waals surface area contributed by atoms with Crippen LogP contribution in [0, 0.1) is 11.8 Å². The van der Waals surface area contributed by atoms with Gasteiger partial charge in [0.25, 0.3) is 5.91 Å². The van der Waals surface area contributed by atoms with Crippen molar-refractivity contribution in [1.29, 1.82) is 0 Å². The normalized spacial score (nSPS) is 23.4. The van der Waals surface area contributed by atoms with Gasteiger partial charge < -0.3 is 4.74 Å². The zero-order chi connectivity index (χ0) is 21.2. The molecule has 0 unspecified atom stereocenters. The van der Waals surface area contributed by atoms with Crippen molar-refractivity contribution in [2.45, 2.75) is 78.2 Å². The van der Waals surface area contributed by atoms with Gasteiger partial charge in [-0.25, -0.2) is 9.69 Å². The number of carbonyl (C=O) groups is 2. The predicted octanol–water partition coefficient (Wildman–Crippen LogP) is 7.00. The lowest BCUT2D eigenvalue weighted by atomic mass is 9.79. The first-order valence-electron chi connectivity index (χ1n) is 10.8. The van der Waals surface area contributed by atoms with Crippen LogP contribution in [0.4, 0.5) is 10.5 Å². The van der Waals surface area contributed by atoms with E-state index in [0.29, 0.717) is 22.2 Å². The molecule has 5 heteroatoms. The topological polar surface area (TPSA) is 46.6 Å². The summed E-state index contributed by atoms with van der Waals surface area (Å²) in [5.74, 6) is 0.867. The molecule has 0 aromatic heterocycles. The molecule has 3 rings (SSSR count). The Morgan fingerprint density at radius 2 is 1.93 bits per heavy atom. The van der Waals surface area contributed by atoms with E-state index in [9.17, 15) is 9.59 Å². The molecular weight excluding hydrogens is 386 g/mol. The number of benzene rings is 1. The lowest BCUT2D eigenvalue weighted by Crippen LogP contribution is -2.38. The van der Waals surface area contributed by atoms with Gasteiger partial charge in [-0.1, -0.05) is 49.9 Å². The van der Waals surface area contributed by atoms with Crippen LogP contribution in [0.2, 0.25) is 5.02 Å². The minimum Gasteiger partial charge on any atom is -0.443 e. The summed E-state index contributed by atoms with van der Waals surface area (Å²) in [6.07, 6.45) is 9.91. The van der Waals surface area contributed by atoms with E-state index in [0.717, 1.165) is 29.2 Å². The van der Waals surface area contributed by atoms with Crippen LogP contribution in [0.15, 0.2) is 24.3 Å². The van der Waals surface area contributed by atoms with Crippen LogP contribution in [0.5, 0.6) is 0 Å². The molecule has 2 aliphatic rings. The van der Waals surface area contributed by atoms with Gasteiger partial charge in [-0.2, -0.15) is 0 Å². The number of halogens is 1. The van der Waals surface area contributed by atoms with Gasteiger partial charge in [-0.3, -0.25) is 4.79 Å². The molecule has 0 bridgehead atoms. The summed E-state index contributed by atoms with van der Waals surface area (Å²) in [6.45, 7) is 7.61. The Morgan fingerprint density at radius 1 is 1.24 bits per heavy atom. The molecule has 29 heavy (non-hydrogen) atoms. The molecule has 1 aromatic rings. The van der Waals surface area contributed by atoms with Crippen molar-refractivity contribution >= 4 is 34.9 Å². The number of hydrogen-bond donors (Lipinski definition) is 0. The molecule has 1 saturated carbocycles. The van der Waals surface area contributed by atoms with Crippen molar-refractivity contribution in [3.63, 3.8) is 0 Å². The van der Waals surface area contributed by atoms with Gasteiger partial charge in [0.2, 0.25) is 0 Å². The van der Waals surface area contributed by atoms with Crippen LogP contribution in [0.25, 0.3) is 5.57 Å². The van der Waals surface area contributed by atoms with Crippen LogP contribution < -0.4 is 4.90 Å². The third-order valence-electron chi connectivity index (χ3n) is 5.76. The van der Waals surface area contributed by atoms with E-state index in [4.69, 9.17) is 16.3 Å². The zero-order valence-corrected chi connectivity index (χ0v) is 18.7. The molecule has 1 heterocycles. The smallest absolute Gasteiger partial charge is 0.422 e. The molecule has 158 valence electrons. The van der Waals surface area contributed by atoms with E-state index in [1.165, 1.54) is 32.1 Å². The number of unbranched alkanes of at least 4 members (excludes halogenated alkanes) is 1. The Hall–Kier alpha value is -1.81. The Labute approximate surface area is 179 Å². The number of imide groups is 1. The van der Waals surface area contributed by atoms with Gasteiger partial charge >= 0.3 is 6.09 Å². The Balaban J connectivity index is 1.83. The second-order valence-electron chi connectivity index (χ2n) is 9.29. The molecule has 4 nitrogen and oxygen atoms in total. The highest BCUT2D eigenvalue weighted by atomic mass is 35.5. The molecule has 0 radical (unpaired) electrons. The van der Waals surface area contributed by atoms with E-state index in [2.05, 4.69) is 13.0 Å². The molecular formula is C24H32ClNO3. The molecule has 0 N–H and O–H groups in total. The fourth-order valence-corrected chi connectivity index (χ4v) is 4.45. The molecule has 0 atom stereocenters. The quantitative estimate of drug-likeness (QED) is 0.495. The Morgan fingerprint density at radius 3 is 2.55 bits per heavy atom. The molecule has 1 aromatic carbocycles. The molecule has 0 spiro atoms. The number of rotatable bonds is 4. The Bertz CT molecular complexity index is 801. The number of ether oxygens (including phenoxy) is 1. The highest BCUT2D eigenvalue weighted by Gasteiger charge is 2.39. The fraction of sp³-hybridized carbons (Fsp3) is 0.583. The number of anilines is 1. The monoisotopic (exact) mass is 417 g/mol. The van der Waals surface area contributed by atoms with Crippen molar-refractivity contribution in [2.24, 2.45) is 11.8 Å². The third-order valence-corrected chi connectivity index (χ3v) is 6.00. The van der Waals surface area contributed by atoms with Gasteiger partial charge in [0.1, 0.15) is 5.60 Å². The van der Waals surface area contributed by atoms with E-state index < -0.39 is 11.7 Å². The summed E-state index contributed by atoms with van der Waals surface area (Å²) >= 11 is 6.16. The highest BCUT2D eigenvalue weighted by Crippen LogP contribution is 2.42. The van der Waals surface area contributed by atoms with Crippen LogP contribution in [-0.2, 0) is 9.53 Å². The number of amides is 2. The van der Waals surface area contributed by atoms with E-state index in [1.54, 1.807) is 32.9 Å². The van der Waals surface area contributed by atoms with Crippen molar-refractivity contribution in [2.75, 3.05) is 4.90 Å². The van der Waals surface area contributed by atoms with Crippen LogP contribution >= 0.6 is 11.6 Å². The maximum atomic E-state index is 13.2. The molecule has 1 aliphatic heterocycles. The van der Waals surface area contributed by atoms with Crippen molar-refractivity contribution in [1.82, 2.24) is 0 Å². The first-order chi connectivity index (χ1) is 13.7. The van der Waals surface area contributed by atoms with Crippen LogP contribution in [0.3, 0.4) is 0 Å². The van der Waals surface area contributed by atoms with Crippen molar-refractivity contribution in [3.05, 3.63) is 34.9 Å². The maximum Gasteiger partial charge on any atom is 0.422 e. The average Bonchev–Trinajstić information content (AvgIpc) is 2.90. The number of carbonyl (C=O) groups excluding carboxylic acids is 2. The summed E-state index contributed by atoms with van der Waals surface area (Å²) in [4.78, 5) is 27.1. The lowest BCUT2D eigenvalue weighted by Gasteiger charge is -2.27. The summed E-state index contributed by atoms with van der Waals surface area (Å²) in [7, 11) is 0. The van der Waals surface area contributed by atoms with E-state index >= 15 is 0 Å². The van der Waals surface area contributed by atoms with Crippen LogP contribution in [-0.4, -0.2) is 17.6 Å². The maximum absolute atomic E-state index is 13.2. The van der Waals surface area contributed by atoms with Gasteiger partial charge in [0, 0.05) is 16.2 Å². The average molecular weight is 418 g/mol. The Kier molecular flexibility index (Phi) is 6.72. The second-order valence-corrected chi connectivity index (χ2v) is 9.72. The molecule has 1 fully saturated rings. The first-order valence-corrected chi connectivity index (χ1v) is 11.2. The van der Waals surface area contributed by atoms with Crippen molar-refractivity contribution in [3.8, 4) is 0 Å². The summed E-state index contributed by atoms with van der Waals surface area (Å²) < 4.78 is 5.47. The fourth-order valence-electron chi connectivity index (χ4n) is 4.28. The largest absolute Gasteiger partial charge is 0.443 e. The molecule has 1 aliphatic carbocycles. The minimum absolute atomic E-state index is 0.315. The summed E-state index contributed by atoms with van der Waals surface area (Å²) in [5.41, 5.74) is 1.19. The number of hydrogen-bond acceptors (Lipinski definition) is 3. The number of allylic oxidation sites excluding steroid dienone is 1. The highest BCUT2D eigenvalue weighted by molar-refractivity contribution is 6.40. The number of nitrogens with zero attached hydrogens (tertiary/aromatic N) is 1. The zero-order valence-electron chi connectivity index (χ0n) is 18.0. The standard InChI is InChI=1S/C24H32ClNO3/c1-5-6-7-16-8-10-17(11-9-16)14-20-19-13-12-18(25)15-21(19)26(22(20)27)23(28)29-24(2,3)4/h12-17H,5-11H2,1-4H3/b20-14+. The van der Waals surface area contributed by atoms with E-state index in [1.807, 2.05) is 6.07 Å². The first kappa shape index (κ1) is 21.9. The van der Waals surface area contributed by atoms with Gasteiger partial charge in [-0.15, -0.1) is 0 Å². The lowest BCUT2D eigenvalue weighted by molar-refractivity contribution is -0.112. The van der Waals surface area contributed by atoms with Crippen molar-refractivity contribution < 1.29 is 14.3 Å². The number of fused-ring (bicyclic) bond motifs is 1. The van der Waals surface area contributed by atoms with Gasteiger partial charge in [-0.05, 0) is 70.4 Å². The van der Waals surface area contributed by atoms with Gasteiger partial charge in [0.15, 0.2) is 0 Å². The summed E-state index contributed by atoms with van der Waals surface area (Å²) in [6, 6.07) is 5.27. The second kappa shape index (κ2) is 8.91. The predicted molar refractivity (Wildman–Crippen MR) is 118 cm³/mol. The van der Waals surface area contributed by atoms with Crippen LogP contribution in [0.1, 0.15) is 78.2 Å². The van der Waals surface area contributed by atoms with Gasteiger partial charge in [0.05, 0.1) is 5.69 Å². The van der Waals surface area contributed by atoms with E-state index in [-0.39, 0.29) is 5.91 Å². The minimum atomic E-state index is -0.681. The third kappa shape index (κ3) is 5.22. The summed E-state index contributed by atoms with van der Waals surface area (Å²) in [5, 5.41) is 0.489.